The van der Waals surface area contributed by atoms with Crippen molar-refractivity contribution in [1.29, 1.82) is 0 Å². The Bertz CT molecular complexity index is 1690. The molecule has 0 unspecified atom stereocenters. The summed E-state index contributed by atoms with van der Waals surface area (Å²) in [5.74, 6) is -0.754. The summed E-state index contributed by atoms with van der Waals surface area (Å²) in [5, 5.41) is 3.08. The van der Waals surface area contributed by atoms with Crippen molar-refractivity contribution in [3.63, 3.8) is 0 Å². The molecule has 0 spiro atoms. The summed E-state index contributed by atoms with van der Waals surface area (Å²) in [7, 11) is -4.14. The second-order valence-corrected chi connectivity index (χ2v) is 13.5. The lowest BCUT2D eigenvalue weighted by Crippen LogP contribution is -2.54. The molecule has 0 heterocycles. The van der Waals surface area contributed by atoms with Gasteiger partial charge in [0, 0.05) is 19.0 Å². The number of nitrogens with zero attached hydrogens (tertiary/aromatic N) is 2. The van der Waals surface area contributed by atoms with Crippen LogP contribution in [-0.2, 0) is 32.6 Å². The van der Waals surface area contributed by atoms with Crippen molar-refractivity contribution < 1.29 is 18.0 Å². The lowest BCUT2D eigenvalue weighted by molar-refractivity contribution is -0.140. The van der Waals surface area contributed by atoms with Crippen LogP contribution < -0.4 is 9.62 Å². The second-order valence-electron chi connectivity index (χ2n) is 11.6. The summed E-state index contributed by atoms with van der Waals surface area (Å²) in [5.41, 5.74) is 4.88. The molecule has 7 nitrogen and oxygen atoms in total. The normalized spacial score (nSPS) is 12.6. The van der Waals surface area contributed by atoms with Gasteiger partial charge in [-0.3, -0.25) is 13.9 Å². The molecule has 0 saturated heterocycles. The van der Waals surface area contributed by atoms with Crippen molar-refractivity contribution in [2.75, 3.05) is 10.8 Å². The standard InChI is InChI=1S/C37H43N3O4S/c1-6-30(5)38-37(42)35(24-31-16-9-7-10-17-31)39(25-32-18-14-13-15-29(32)4)36(41)26-40(33-22-27(2)21-28(3)23-33)45(43,44)34-19-11-8-12-20-34/h7-23,30,35H,6,24-26H2,1-5H3,(H,38,42)/t30-,35+/m0/s1. The first-order valence-electron chi connectivity index (χ1n) is 15.3. The van der Waals surface area contributed by atoms with Crippen LogP contribution in [0.2, 0.25) is 0 Å². The first kappa shape index (κ1) is 33.5. The van der Waals surface area contributed by atoms with Gasteiger partial charge >= 0.3 is 0 Å². The molecule has 2 amide bonds. The van der Waals surface area contributed by atoms with Crippen LogP contribution in [-0.4, -0.2) is 43.8 Å². The van der Waals surface area contributed by atoms with Gasteiger partial charge in [0.15, 0.2) is 0 Å². The first-order valence-corrected chi connectivity index (χ1v) is 16.8. The van der Waals surface area contributed by atoms with Gasteiger partial charge in [-0.05, 0) is 86.2 Å². The van der Waals surface area contributed by atoms with Gasteiger partial charge in [0.2, 0.25) is 11.8 Å². The molecule has 0 aliphatic heterocycles. The van der Waals surface area contributed by atoms with Crippen LogP contribution in [0.5, 0.6) is 0 Å². The fraction of sp³-hybridized carbons (Fsp3) is 0.297. The number of hydrogen-bond acceptors (Lipinski definition) is 4. The van der Waals surface area contributed by atoms with Crippen molar-refractivity contribution in [3.05, 3.63) is 131 Å². The maximum absolute atomic E-state index is 14.6. The highest BCUT2D eigenvalue weighted by Crippen LogP contribution is 2.27. The monoisotopic (exact) mass is 625 g/mol. The van der Waals surface area contributed by atoms with Crippen LogP contribution in [0.4, 0.5) is 5.69 Å². The van der Waals surface area contributed by atoms with E-state index in [2.05, 4.69) is 5.32 Å². The molecule has 0 fully saturated rings. The Balaban J connectivity index is 1.83. The van der Waals surface area contributed by atoms with Gasteiger partial charge < -0.3 is 10.2 Å². The van der Waals surface area contributed by atoms with Crippen molar-refractivity contribution in [2.24, 2.45) is 0 Å². The van der Waals surface area contributed by atoms with Crippen LogP contribution in [0.1, 0.15) is 48.1 Å². The van der Waals surface area contributed by atoms with Crippen LogP contribution in [0.3, 0.4) is 0 Å². The number of hydrogen-bond donors (Lipinski definition) is 1. The minimum absolute atomic E-state index is 0.0813. The van der Waals surface area contributed by atoms with E-state index in [4.69, 9.17) is 0 Å². The second kappa shape index (κ2) is 15.0. The Morgan fingerprint density at radius 1 is 0.800 bits per heavy atom. The summed E-state index contributed by atoms with van der Waals surface area (Å²) < 4.78 is 29.5. The number of nitrogens with one attached hydrogen (secondary N) is 1. The summed E-state index contributed by atoms with van der Waals surface area (Å²) in [4.78, 5) is 30.2. The number of sulfonamides is 1. The third kappa shape index (κ3) is 8.60. The fourth-order valence-corrected chi connectivity index (χ4v) is 6.73. The highest BCUT2D eigenvalue weighted by atomic mass is 32.2. The lowest BCUT2D eigenvalue weighted by atomic mass is 10.0. The van der Waals surface area contributed by atoms with Crippen molar-refractivity contribution in [3.8, 4) is 0 Å². The SMILES string of the molecule is CC[C@H](C)NC(=O)[C@@H](Cc1ccccc1)N(Cc1ccccc1C)C(=O)CN(c1cc(C)cc(C)c1)S(=O)(=O)c1ccccc1. The number of carbonyl (C=O) groups excluding carboxylic acids is 2. The summed E-state index contributed by atoms with van der Waals surface area (Å²) in [6.45, 7) is 9.33. The molecule has 236 valence electrons. The van der Waals surface area contributed by atoms with E-state index in [1.54, 1.807) is 35.2 Å². The van der Waals surface area contributed by atoms with E-state index < -0.39 is 28.5 Å². The average molecular weight is 626 g/mol. The predicted octanol–water partition coefficient (Wildman–Crippen LogP) is 6.36. The maximum atomic E-state index is 14.6. The van der Waals surface area contributed by atoms with E-state index >= 15 is 0 Å². The topological polar surface area (TPSA) is 86.8 Å². The average Bonchev–Trinajstić information content (AvgIpc) is 3.02. The van der Waals surface area contributed by atoms with Gasteiger partial charge in [-0.1, -0.05) is 85.8 Å². The third-order valence-electron chi connectivity index (χ3n) is 7.98. The van der Waals surface area contributed by atoms with Crippen LogP contribution in [0.25, 0.3) is 0 Å². The number of anilines is 1. The summed E-state index contributed by atoms with van der Waals surface area (Å²) in [6, 6.07) is 29.9. The quantitative estimate of drug-likeness (QED) is 0.187. The van der Waals surface area contributed by atoms with Crippen molar-refractivity contribution in [1.82, 2.24) is 10.2 Å². The Hall–Kier alpha value is -4.43. The van der Waals surface area contributed by atoms with E-state index in [1.165, 1.54) is 16.4 Å². The van der Waals surface area contributed by atoms with Crippen molar-refractivity contribution >= 4 is 27.5 Å². The van der Waals surface area contributed by atoms with E-state index in [0.717, 1.165) is 34.2 Å². The van der Waals surface area contributed by atoms with Crippen molar-refractivity contribution in [2.45, 2.75) is 71.0 Å². The van der Waals surface area contributed by atoms with Crippen LogP contribution in [0.15, 0.2) is 108 Å². The first-order chi connectivity index (χ1) is 21.5. The molecule has 0 aromatic heterocycles. The minimum atomic E-state index is -4.14. The van der Waals surface area contributed by atoms with Gasteiger partial charge in [0.1, 0.15) is 12.6 Å². The number of amides is 2. The Morgan fingerprint density at radius 2 is 1.38 bits per heavy atom. The zero-order valence-electron chi connectivity index (χ0n) is 26.7. The Kier molecular flexibility index (Phi) is 11.2. The zero-order chi connectivity index (χ0) is 32.6. The summed E-state index contributed by atoms with van der Waals surface area (Å²) in [6.07, 6.45) is 1.00. The zero-order valence-corrected chi connectivity index (χ0v) is 27.6. The predicted molar refractivity (Wildman–Crippen MR) is 180 cm³/mol. The fourth-order valence-electron chi connectivity index (χ4n) is 5.31. The molecular formula is C37H43N3O4S. The molecule has 8 heteroatoms. The van der Waals surface area contributed by atoms with E-state index in [1.807, 2.05) is 95.3 Å². The molecule has 0 bridgehead atoms. The molecule has 0 radical (unpaired) electrons. The highest BCUT2D eigenvalue weighted by molar-refractivity contribution is 7.92. The van der Waals surface area contributed by atoms with Gasteiger partial charge in [-0.25, -0.2) is 8.42 Å². The number of aryl methyl sites for hydroxylation is 3. The summed E-state index contributed by atoms with van der Waals surface area (Å²) >= 11 is 0. The smallest absolute Gasteiger partial charge is 0.264 e. The molecule has 4 rings (SSSR count). The Morgan fingerprint density at radius 3 is 1.98 bits per heavy atom. The molecule has 4 aromatic carbocycles. The molecule has 4 aromatic rings. The molecule has 45 heavy (non-hydrogen) atoms. The maximum Gasteiger partial charge on any atom is 0.264 e. The van der Waals surface area contributed by atoms with E-state index in [-0.39, 0.29) is 29.8 Å². The molecule has 0 saturated carbocycles. The van der Waals surface area contributed by atoms with Gasteiger partial charge in [0.25, 0.3) is 10.0 Å². The number of benzene rings is 4. The van der Waals surface area contributed by atoms with Gasteiger partial charge in [0.05, 0.1) is 10.6 Å². The lowest BCUT2D eigenvalue weighted by Gasteiger charge is -2.34. The van der Waals surface area contributed by atoms with Crippen LogP contribution in [0, 0.1) is 20.8 Å². The molecule has 0 aliphatic rings. The molecule has 2 atom stereocenters. The number of carbonyl (C=O) groups is 2. The van der Waals surface area contributed by atoms with Gasteiger partial charge in [-0.2, -0.15) is 0 Å². The van der Waals surface area contributed by atoms with E-state index in [0.29, 0.717) is 5.69 Å². The largest absolute Gasteiger partial charge is 0.352 e. The minimum Gasteiger partial charge on any atom is -0.352 e. The molecule has 0 aliphatic carbocycles. The molecule has 1 N–H and O–H groups in total. The highest BCUT2D eigenvalue weighted by Gasteiger charge is 2.35. The van der Waals surface area contributed by atoms with E-state index in [9.17, 15) is 18.0 Å². The van der Waals surface area contributed by atoms with Crippen LogP contribution >= 0.6 is 0 Å². The number of rotatable bonds is 13. The molecular weight excluding hydrogens is 582 g/mol. The van der Waals surface area contributed by atoms with Gasteiger partial charge in [-0.15, -0.1) is 0 Å². The Labute approximate surface area is 268 Å². The third-order valence-corrected chi connectivity index (χ3v) is 9.77.